The molecule has 0 bridgehead atoms. The number of hydrogen-bond donors (Lipinski definition) is 3. The molecule has 1 amide bonds. The molecule has 0 saturated carbocycles. The molecular formula is C65H127NO5. The van der Waals surface area contributed by atoms with Gasteiger partial charge in [0.25, 0.3) is 0 Å². The lowest BCUT2D eigenvalue weighted by atomic mass is 10.0. The number of aliphatic hydroxyl groups is 2. The second kappa shape index (κ2) is 59.5. The van der Waals surface area contributed by atoms with Gasteiger partial charge in [0.05, 0.1) is 25.2 Å². The van der Waals surface area contributed by atoms with Gasteiger partial charge in [0.1, 0.15) is 6.10 Å². The van der Waals surface area contributed by atoms with Crippen molar-refractivity contribution in [3.05, 3.63) is 12.2 Å². The molecule has 3 unspecified atom stereocenters. The summed E-state index contributed by atoms with van der Waals surface area (Å²) in [6.45, 7) is 6.55. The van der Waals surface area contributed by atoms with Crippen molar-refractivity contribution in [3.63, 3.8) is 0 Å². The van der Waals surface area contributed by atoms with E-state index in [4.69, 9.17) is 4.74 Å². The molecule has 6 heteroatoms. The highest BCUT2D eigenvalue weighted by atomic mass is 16.5. The van der Waals surface area contributed by atoms with E-state index in [2.05, 4.69) is 38.2 Å². The van der Waals surface area contributed by atoms with Crippen molar-refractivity contribution < 1.29 is 24.5 Å². The smallest absolute Gasteiger partial charge is 0.306 e. The summed E-state index contributed by atoms with van der Waals surface area (Å²) in [7, 11) is 0. The largest absolute Gasteiger partial charge is 0.462 e. The van der Waals surface area contributed by atoms with Gasteiger partial charge in [-0.25, -0.2) is 0 Å². The highest BCUT2D eigenvalue weighted by Gasteiger charge is 2.24. The Morgan fingerprint density at radius 1 is 0.394 bits per heavy atom. The Bertz CT molecular complexity index is 1080. The standard InChI is InChI=1S/C65H127NO5/c1-4-7-10-13-16-19-22-25-28-31-32-34-37-40-43-46-49-52-55-58-65(70)71-61(56-53-50-47-44-41-38-35-30-27-24-21-18-15-12-9-6-3)59-64(69)66-62(60-67)63(68)57-54-51-48-45-42-39-36-33-29-26-23-20-17-14-11-8-5-2/h38,41,61-63,67-68H,4-37,39-40,42-60H2,1-3H3,(H,66,69)/b41-38+. The highest BCUT2D eigenvalue weighted by Crippen LogP contribution is 2.19. The molecule has 0 aliphatic rings. The maximum atomic E-state index is 13.3. The molecule has 0 saturated heterocycles. The van der Waals surface area contributed by atoms with Crippen LogP contribution in [0.2, 0.25) is 0 Å². The number of amides is 1. The minimum atomic E-state index is -0.788. The Morgan fingerprint density at radius 3 is 1.01 bits per heavy atom. The average Bonchev–Trinajstić information content (AvgIpc) is 3.36. The third-order valence-corrected chi connectivity index (χ3v) is 15.3. The molecule has 0 heterocycles. The summed E-state index contributed by atoms with van der Waals surface area (Å²) in [5, 5.41) is 24.0. The van der Waals surface area contributed by atoms with Gasteiger partial charge in [0, 0.05) is 6.42 Å². The van der Waals surface area contributed by atoms with E-state index in [1.165, 1.54) is 263 Å². The fourth-order valence-electron chi connectivity index (χ4n) is 10.4. The minimum Gasteiger partial charge on any atom is -0.462 e. The van der Waals surface area contributed by atoms with Gasteiger partial charge in [-0.2, -0.15) is 0 Å². The molecule has 3 N–H and O–H groups in total. The quantitative estimate of drug-likeness (QED) is 0.0320. The fourth-order valence-corrected chi connectivity index (χ4v) is 10.4. The molecule has 0 aromatic heterocycles. The molecule has 422 valence electrons. The van der Waals surface area contributed by atoms with E-state index in [1.54, 1.807) is 0 Å². The van der Waals surface area contributed by atoms with Crippen molar-refractivity contribution in [1.82, 2.24) is 5.32 Å². The van der Waals surface area contributed by atoms with Crippen LogP contribution in [0.1, 0.15) is 367 Å². The predicted molar refractivity (Wildman–Crippen MR) is 310 cm³/mol. The Morgan fingerprint density at radius 2 is 0.676 bits per heavy atom. The number of carbonyl (C=O) groups excluding carboxylic acids is 2. The van der Waals surface area contributed by atoms with Crippen molar-refractivity contribution >= 4 is 11.9 Å². The summed E-state index contributed by atoms with van der Waals surface area (Å²) in [5.41, 5.74) is 0. The molecule has 0 spiro atoms. The van der Waals surface area contributed by atoms with Crippen LogP contribution in [0.5, 0.6) is 0 Å². The van der Waals surface area contributed by atoms with Crippen LogP contribution in [0.15, 0.2) is 12.2 Å². The number of nitrogens with one attached hydrogen (secondary N) is 1. The number of allylic oxidation sites excluding steroid dienone is 2. The van der Waals surface area contributed by atoms with Crippen LogP contribution in [0.4, 0.5) is 0 Å². The summed E-state index contributed by atoms with van der Waals surface area (Å²) in [5.74, 6) is -0.460. The van der Waals surface area contributed by atoms with Gasteiger partial charge >= 0.3 is 5.97 Å². The molecule has 3 atom stereocenters. The molecule has 0 fully saturated rings. The second-order valence-electron chi connectivity index (χ2n) is 22.5. The maximum absolute atomic E-state index is 13.3. The first-order valence-electron chi connectivity index (χ1n) is 32.4. The van der Waals surface area contributed by atoms with Crippen molar-refractivity contribution in [2.24, 2.45) is 0 Å². The molecule has 6 nitrogen and oxygen atoms in total. The van der Waals surface area contributed by atoms with Crippen molar-refractivity contribution in [1.29, 1.82) is 0 Å². The van der Waals surface area contributed by atoms with E-state index in [9.17, 15) is 19.8 Å². The number of ether oxygens (including phenoxy) is 1. The third kappa shape index (κ3) is 54.7. The first-order chi connectivity index (χ1) is 35.0. The van der Waals surface area contributed by atoms with Crippen LogP contribution in [-0.2, 0) is 14.3 Å². The van der Waals surface area contributed by atoms with Crippen molar-refractivity contribution in [2.45, 2.75) is 386 Å². The third-order valence-electron chi connectivity index (χ3n) is 15.3. The van der Waals surface area contributed by atoms with Crippen LogP contribution in [0.3, 0.4) is 0 Å². The van der Waals surface area contributed by atoms with E-state index in [0.717, 1.165) is 57.8 Å². The lowest BCUT2D eigenvalue weighted by Gasteiger charge is -2.24. The normalized spacial score (nSPS) is 13.0. The van der Waals surface area contributed by atoms with Crippen LogP contribution < -0.4 is 5.32 Å². The Labute approximate surface area is 444 Å². The first kappa shape index (κ1) is 69.6. The summed E-state index contributed by atoms with van der Waals surface area (Å²) in [6.07, 6.45) is 70.1. The van der Waals surface area contributed by atoms with Gasteiger partial charge in [-0.15, -0.1) is 0 Å². The zero-order valence-corrected chi connectivity index (χ0v) is 48.4. The van der Waals surface area contributed by atoms with E-state index in [0.29, 0.717) is 19.3 Å². The van der Waals surface area contributed by atoms with Gasteiger partial charge in [-0.05, 0) is 51.4 Å². The predicted octanol–water partition coefficient (Wildman–Crippen LogP) is 20.4. The fraction of sp³-hybridized carbons (Fsp3) is 0.938. The lowest BCUT2D eigenvalue weighted by Crippen LogP contribution is -2.46. The number of hydrogen-bond acceptors (Lipinski definition) is 5. The zero-order chi connectivity index (χ0) is 51.6. The molecule has 0 aromatic carbocycles. The minimum absolute atomic E-state index is 0.0753. The first-order valence-corrected chi connectivity index (χ1v) is 32.4. The Kier molecular flexibility index (Phi) is 58.3. The number of aliphatic hydroxyl groups excluding tert-OH is 2. The number of rotatable bonds is 60. The monoisotopic (exact) mass is 1000 g/mol. The molecular weight excluding hydrogens is 875 g/mol. The van der Waals surface area contributed by atoms with Crippen molar-refractivity contribution in [2.75, 3.05) is 6.61 Å². The summed E-state index contributed by atoms with van der Waals surface area (Å²) >= 11 is 0. The van der Waals surface area contributed by atoms with Crippen LogP contribution in [0.25, 0.3) is 0 Å². The summed E-state index contributed by atoms with van der Waals surface area (Å²) in [4.78, 5) is 26.4. The van der Waals surface area contributed by atoms with Crippen LogP contribution >= 0.6 is 0 Å². The van der Waals surface area contributed by atoms with E-state index in [-0.39, 0.29) is 24.9 Å². The van der Waals surface area contributed by atoms with Gasteiger partial charge in [-0.1, -0.05) is 315 Å². The summed E-state index contributed by atoms with van der Waals surface area (Å²) < 4.78 is 5.99. The number of carbonyl (C=O) groups is 2. The van der Waals surface area contributed by atoms with Crippen LogP contribution in [-0.4, -0.2) is 46.9 Å². The Hall–Kier alpha value is -1.40. The van der Waals surface area contributed by atoms with E-state index in [1.807, 2.05) is 0 Å². The molecule has 0 rings (SSSR count). The molecule has 0 aliphatic carbocycles. The maximum Gasteiger partial charge on any atom is 0.306 e. The highest BCUT2D eigenvalue weighted by molar-refractivity contribution is 5.77. The topological polar surface area (TPSA) is 95.9 Å². The SMILES string of the molecule is CCCCCCCCCCC/C=C/CCCCCC(CC(=O)NC(CO)C(O)CCCCCCCCCCCCCCCCCCC)OC(=O)CCCCCCCCCCCCCCCCCCCCC. The lowest BCUT2D eigenvalue weighted by molar-refractivity contribution is -0.151. The molecule has 0 aliphatic heterocycles. The van der Waals surface area contributed by atoms with Crippen LogP contribution in [0, 0.1) is 0 Å². The number of unbranched alkanes of at least 4 members (excludes halogenated alkanes) is 46. The van der Waals surface area contributed by atoms with Crippen molar-refractivity contribution in [3.8, 4) is 0 Å². The van der Waals surface area contributed by atoms with E-state index >= 15 is 0 Å². The van der Waals surface area contributed by atoms with Gasteiger partial charge in [0.15, 0.2) is 0 Å². The summed E-state index contributed by atoms with van der Waals surface area (Å²) in [6, 6.07) is -0.702. The molecule has 71 heavy (non-hydrogen) atoms. The van der Waals surface area contributed by atoms with Gasteiger partial charge < -0.3 is 20.3 Å². The molecule has 0 aromatic rings. The van der Waals surface area contributed by atoms with E-state index < -0.39 is 18.2 Å². The Balaban J connectivity index is 4.48. The van der Waals surface area contributed by atoms with Gasteiger partial charge in [-0.3, -0.25) is 9.59 Å². The van der Waals surface area contributed by atoms with Gasteiger partial charge in [0.2, 0.25) is 5.91 Å². The second-order valence-corrected chi connectivity index (χ2v) is 22.5. The number of esters is 1. The zero-order valence-electron chi connectivity index (χ0n) is 48.4. The molecule has 0 radical (unpaired) electrons. The average molecular weight is 1000 g/mol.